The van der Waals surface area contributed by atoms with Crippen molar-refractivity contribution in [1.29, 1.82) is 0 Å². The summed E-state index contributed by atoms with van der Waals surface area (Å²) in [5, 5.41) is 7.93. The zero-order valence-electron chi connectivity index (χ0n) is 4.24. The summed E-state index contributed by atoms with van der Waals surface area (Å²) in [6.45, 7) is -0.729. The number of alkyl halides is 3. The van der Waals surface area contributed by atoms with Crippen molar-refractivity contribution in [2.75, 3.05) is 6.61 Å². The maximum atomic E-state index is 11.8. The van der Waals surface area contributed by atoms with Crippen LogP contribution in [0.3, 0.4) is 0 Å². The van der Waals surface area contributed by atoms with Crippen LogP contribution >= 0.6 is 15.9 Å². The number of hydrogen-bond acceptors (Lipinski definition) is 1. The molecule has 9 heavy (non-hydrogen) atoms. The molecule has 0 atom stereocenters. The molecule has 0 aliphatic carbocycles. The van der Waals surface area contributed by atoms with Gasteiger partial charge in [-0.1, -0.05) is 0 Å². The van der Waals surface area contributed by atoms with Crippen LogP contribution in [-0.2, 0) is 0 Å². The molecule has 0 saturated heterocycles. The minimum atomic E-state index is -3.64. The van der Waals surface area contributed by atoms with E-state index in [0.29, 0.717) is 6.08 Å². The molecule has 0 aromatic carbocycles. The van der Waals surface area contributed by atoms with Crippen LogP contribution in [0.5, 0.6) is 0 Å². The van der Waals surface area contributed by atoms with E-state index in [1.807, 2.05) is 0 Å². The van der Waals surface area contributed by atoms with E-state index in [9.17, 15) is 13.2 Å². The van der Waals surface area contributed by atoms with Gasteiger partial charge in [0.15, 0.2) is 5.83 Å². The molecule has 0 aliphatic rings. The second kappa shape index (κ2) is 3.22. The van der Waals surface area contributed by atoms with Crippen LogP contribution in [0.25, 0.3) is 0 Å². The lowest BCUT2D eigenvalue weighted by Crippen LogP contribution is -2.05. The number of aliphatic hydroxyl groups excluding tert-OH is 1. The van der Waals surface area contributed by atoms with Gasteiger partial charge in [0.2, 0.25) is 0 Å². The molecule has 54 valence electrons. The van der Waals surface area contributed by atoms with E-state index in [0.717, 1.165) is 0 Å². The molecule has 0 heterocycles. The van der Waals surface area contributed by atoms with Crippen molar-refractivity contribution < 1.29 is 18.3 Å². The number of hydrogen-bond donors (Lipinski definition) is 1. The molecule has 0 spiro atoms. The molecule has 0 bridgehead atoms. The van der Waals surface area contributed by atoms with Crippen LogP contribution < -0.4 is 0 Å². The van der Waals surface area contributed by atoms with Crippen LogP contribution in [0, 0.1) is 0 Å². The van der Waals surface area contributed by atoms with E-state index in [4.69, 9.17) is 5.11 Å². The zero-order chi connectivity index (χ0) is 7.49. The summed E-state index contributed by atoms with van der Waals surface area (Å²) >= 11 is 1.76. The van der Waals surface area contributed by atoms with Crippen molar-refractivity contribution in [2.45, 2.75) is 4.83 Å². The van der Waals surface area contributed by atoms with Gasteiger partial charge in [-0.05, 0) is 22.0 Å². The summed E-state index contributed by atoms with van der Waals surface area (Å²) < 4.78 is 35.1. The highest BCUT2D eigenvalue weighted by Crippen LogP contribution is 2.31. The summed E-state index contributed by atoms with van der Waals surface area (Å²) in [6, 6.07) is 0. The molecular weight excluding hydrogens is 201 g/mol. The predicted octanol–water partition coefficient (Wildman–Crippen LogP) is 1.82. The van der Waals surface area contributed by atoms with Gasteiger partial charge in [0.1, 0.15) is 0 Å². The highest BCUT2D eigenvalue weighted by molar-refractivity contribution is 9.10. The topological polar surface area (TPSA) is 20.2 Å². The standard InChI is InChI=1S/C4H4BrF3O/c5-4(7,8)3(6)1-2-9/h1,9H,2H2/b3-1-. The Hall–Kier alpha value is -0.0300. The molecule has 0 fully saturated rings. The third kappa shape index (κ3) is 3.53. The molecule has 0 aliphatic heterocycles. The van der Waals surface area contributed by atoms with Crippen LogP contribution in [0.15, 0.2) is 11.9 Å². The Kier molecular flexibility index (Phi) is 3.21. The zero-order valence-corrected chi connectivity index (χ0v) is 5.83. The Bertz CT molecular complexity index is 117. The summed E-state index contributed by atoms with van der Waals surface area (Å²) in [5.41, 5.74) is 0. The molecule has 0 unspecified atom stereocenters. The largest absolute Gasteiger partial charge is 0.392 e. The van der Waals surface area contributed by atoms with E-state index in [-0.39, 0.29) is 0 Å². The van der Waals surface area contributed by atoms with Gasteiger partial charge in [-0.25, -0.2) is 4.39 Å². The maximum Gasteiger partial charge on any atom is 0.351 e. The fourth-order valence-electron chi connectivity index (χ4n) is 0.196. The fourth-order valence-corrected chi connectivity index (χ4v) is 0.358. The smallest absolute Gasteiger partial charge is 0.351 e. The highest BCUT2D eigenvalue weighted by Gasteiger charge is 2.30. The molecule has 5 heteroatoms. The van der Waals surface area contributed by atoms with Gasteiger partial charge in [-0.2, -0.15) is 8.78 Å². The van der Waals surface area contributed by atoms with Crippen LogP contribution in [0.4, 0.5) is 13.2 Å². The number of aliphatic hydroxyl groups is 1. The number of allylic oxidation sites excluding steroid dienone is 1. The maximum absolute atomic E-state index is 11.8. The van der Waals surface area contributed by atoms with Crippen LogP contribution in [-0.4, -0.2) is 16.5 Å². The first-order chi connectivity index (χ1) is 3.98. The molecule has 1 nitrogen and oxygen atoms in total. The normalized spacial score (nSPS) is 14.1. The second-order valence-electron chi connectivity index (χ2n) is 1.23. The third-order valence-corrected chi connectivity index (χ3v) is 0.920. The summed E-state index contributed by atoms with van der Waals surface area (Å²) in [6.07, 6.45) is 0.384. The lowest BCUT2D eigenvalue weighted by Gasteiger charge is -2.02. The number of halogens is 4. The predicted molar refractivity (Wildman–Crippen MR) is 30.2 cm³/mol. The monoisotopic (exact) mass is 204 g/mol. The van der Waals surface area contributed by atoms with E-state index in [1.54, 1.807) is 15.9 Å². The van der Waals surface area contributed by atoms with E-state index in [1.165, 1.54) is 0 Å². The first kappa shape index (κ1) is 8.97. The Labute approximate surface area is 58.3 Å². The Morgan fingerprint density at radius 1 is 1.67 bits per heavy atom. The second-order valence-corrected chi connectivity index (χ2v) is 2.23. The molecule has 1 N–H and O–H groups in total. The summed E-state index contributed by atoms with van der Waals surface area (Å²) in [4.78, 5) is -3.64. The Morgan fingerprint density at radius 3 is 2.22 bits per heavy atom. The van der Waals surface area contributed by atoms with Gasteiger partial charge in [0.05, 0.1) is 6.61 Å². The summed E-state index contributed by atoms with van der Waals surface area (Å²) in [7, 11) is 0. The van der Waals surface area contributed by atoms with Crippen molar-refractivity contribution in [2.24, 2.45) is 0 Å². The fraction of sp³-hybridized carbons (Fsp3) is 0.500. The van der Waals surface area contributed by atoms with Crippen molar-refractivity contribution in [1.82, 2.24) is 0 Å². The minimum absolute atomic E-state index is 0.384. The molecule has 0 radical (unpaired) electrons. The minimum Gasteiger partial charge on any atom is -0.392 e. The van der Waals surface area contributed by atoms with Crippen LogP contribution in [0.1, 0.15) is 0 Å². The highest BCUT2D eigenvalue weighted by atomic mass is 79.9. The average Bonchev–Trinajstić information content (AvgIpc) is 1.64. The van der Waals surface area contributed by atoms with Gasteiger partial charge in [0.25, 0.3) is 0 Å². The van der Waals surface area contributed by atoms with E-state index in [2.05, 4.69) is 0 Å². The molecule has 0 aromatic rings. The Balaban J connectivity index is 4.03. The lowest BCUT2D eigenvalue weighted by molar-refractivity contribution is 0.125. The van der Waals surface area contributed by atoms with Gasteiger partial charge in [-0.15, -0.1) is 0 Å². The third-order valence-electron chi connectivity index (χ3n) is 0.541. The lowest BCUT2D eigenvalue weighted by atomic mass is 10.5. The van der Waals surface area contributed by atoms with Crippen LogP contribution in [0.2, 0.25) is 0 Å². The van der Waals surface area contributed by atoms with Gasteiger partial charge in [0, 0.05) is 0 Å². The van der Waals surface area contributed by atoms with Crippen molar-refractivity contribution in [3.63, 3.8) is 0 Å². The van der Waals surface area contributed by atoms with Gasteiger partial charge >= 0.3 is 4.83 Å². The molecule has 0 saturated carbocycles. The molecule has 0 amide bonds. The number of rotatable bonds is 2. The first-order valence-corrected chi connectivity index (χ1v) is 2.81. The summed E-state index contributed by atoms with van der Waals surface area (Å²) in [5.74, 6) is -1.68. The van der Waals surface area contributed by atoms with Gasteiger partial charge < -0.3 is 5.11 Å². The SMILES string of the molecule is OC/C=C(\F)C(F)(F)Br. The first-order valence-electron chi connectivity index (χ1n) is 2.02. The van der Waals surface area contributed by atoms with E-state index < -0.39 is 17.3 Å². The Morgan fingerprint density at radius 2 is 2.11 bits per heavy atom. The molecule has 0 rings (SSSR count). The van der Waals surface area contributed by atoms with E-state index >= 15 is 0 Å². The quantitative estimate of drug-likeness (QED) is 0.681. The molecule has 0 aromatic heterocycles. The molecular formula is C4H4BrF3O. The van der Waals surface area contributed by atoms with Gasteiger partial charge in [-0.3, -0.25) is 0 Å². The van der Waals surface area contributed by atoms with Crippen molar-refractivity contribution >= 4 is 15.9 Å². The average molecular weight is 205 g/mol. The van der Waals surface area contributed by atoms with Crippen molar-refractivity contribution in [3.8, 4) is 0 Å². The van der Waals surface area contributed by atoms with Crippen molar-refractivity contribution in [3.05, 3.63) is 11.9 Å².